The van der Waals surface area contributed by atoms with Crippen molar-refractivity contribution in [2.24, 2.45) is 5.41 Å². The molecule has 0 aliphatic rings. The lowest BCUT2D eigenvalue weighted by molar-refractivity contribution is -0.149. The second-order valence-corrected chi connectivity index (χ2v) is 6.14. The number of Topliss-reactive ketones (excluding diaryl/α,β-unsaturated/α-hetero) is 1. The molecule has 0 atom stereocenters. The Morgan fingerprint density at radius 3 is 2.50 bits per heavy atom. The number of carbonyl (C=O) groups is 2. The van der Waals surface area contributed by atoms with Gasteiger partial charge >= 0.3 is 5.97 Å². The highest BCUT2D eigenvalue weighted by atomic mass is 16.5. The standard InChI is InChI=1S/C17H20N2O3/c1-17(2,3)15(20)12-22-16(21)9-13-10-18-19(11-13)14-7-5-4-6-8-14/h4-8,10-11H,9,12H2,1-3H3. The Hall–Kier alpha value is -2.43. The molecule has 2 aromatic rings. The lowest BCUT2D eigenvalue weighted by Crippen LogP contribution is -2.26. The van der Waals surface area contributed by atoms with Gasteiger partial charge in [0.05, 0.1) is 18.3 Å². The van der Waals surface area contributed by atoms with Crippen LogP contribution in [-0.4, -0.2) is 28.1 Å². The molecule has 0 fully saturated rings. The van der Waals surface area contributed by atoms with Crippen molar-refractivity contribution in [2.75, 3.05) is 6.61 Å². The first-order valence-electron chi connectivity index (χ1n) is 7.14. The predicted molar refractivity (Wildman–Crippen MR) is 82.7 cm³/mol. The van der Waals surface area contributed by atoms with Gasteiger partial charge in [-0.1, -0.05) is 39.0 Å². The number of ketones is 1. The van der Waals surface area contributed by atoms with E-state index in [0.29, 0.717) is 0 Å². The Labute approximate surface area is 129 Å². The molecule has 1 aromatic heterocycles. The van der Waals surface area contributed by atoms with Crippen LogP contribution < -0.4 is 0 Å². The van der Waals surface area contributed by atoms with E-state index in [9.17, 15) is 9.59 Å². The van der Waals surface area contributed by atoms with Crippen molar-refractivity contribution >= 4 is 11.8 Å². The van der Waals surface area contributed by atoms with Crippen LogP contribution in [0.25, 0.3) is 5.69 Å². The van der Waals surface area contributed by atoms with Crippen LogP contribution in [0.4, 0.5) is 0 Å². The van der Waals surface area contributed by atoms with E-state index < -0.39 is 11.4 Å². The van der Waals surface area contributed by atoms with E-state index >= 15 is 0 Å². The van der Waals surface area contributed by atoms with Gasteiger partial charge in [0.25, 0.3) is 0 Å². The molecule has 0 aliphatic carbocycles. The number of benzene rings is 1. The van der Waals surface area contributed by atoms with Crippen LogP contribution >= 0.6 is 0 Å². The summed E-state index contributed by atoms with van der Waals surface area (Å²) in [6.07, 6.45) is 3.51. The van der Waals surface area contributed by atoms with Crippen molar-refractivity contribution in [1.82, 2.24) is 9.78 Å². The molecule has 0 bridgehead atoms. The maximum Gasteiger partial charge on any atom is 0.310 e. The molecule has 0 spiro atoms. The third-order valence-electron chi connectivity index (χ3n) is 3.21. The summed E-state index contributed by atoms with van der Waals surface area (Å²) < 4.78 is 6.72. The second kappa shape index (κ2) is 6.56. The molecule has 1 heterocycles. The van der Waals surface area contributed by atoms with Gasteiger partial charge < -0.3 is 4.74 Å². The largest absolute Gasteiger partial charge is 0.457 e. The molecule has 0 amide bonds. The molecule has 1 aromatic carbocycles. The van der Waals surface area contributed by atoms with Gasteiger partial charge in [-0.05, 0) is 12.1 Å². The average molecular weight is 300 g/mol. The zero-order valence-corrected chi connectivity index (χ0v) is 13.1. The van der Waals surface area contributed by atoms with E-state index in [-0.39, 0.29) is 18.8 Å². The molecule has 0 saturated heterocycles. The van der Waals surface area contributed by atoms with Crippen LogP contribution in [0.1, 0.15) is 26.3 Å². The molecule has 0 aliphatic heterocycles. The monoisotopic (exact) mass is 300 g/mol. The van der Waals surface area contributed by atoms with Crippen LogP contribution in [0.3, 0.4) is 0 Å². The Bertz CT molecular complexity index is 654. The number of nitrogens with zero attached hydrogens (tertiary/aromatic N) is 2. The highest BCUT2D eigenvalue weighted by molar-refractivity contribution is 5.86. The van der Waals surface area contributed by atoms with Crippen LogP contribution in [0.15, 0.2) is 42.7 Å². The number of hydrogen-bond acceptors (Lipinski definition) is 4. The van der Waals surface area contributed by atoms with E-state index in [0.717, 1.165) is 11.3 Å². The van der Waals surface area contributed by atoms with Crippen LogP contribution in [0.5, 0.6) is 0 Å². The summed E-state index contributed by atoms with van der Waals surface area (Å²) in [5, 5.41) is 4.22. The van der Waals surface area contributed by atoms with Gasteiger partial charge in [0.1, 0.15) is 0 Å². The normalized spacial score (nSPS) is 11.2. The minimum Gasteiger partial charge on any atom is -0.457 e. The molecule has 0 saturated carbocycles. The fraction of sp³-hybridized carbons (Fsp3) is 0.353. The molecule has 5 heteroatoms. The molecule has 0 radical (unpaired) electrons. The summed E-state index contributed by atoms with van der Waals surface area (Å²) in [5.74, 6) is -0.522. The minimum absolute atomic E-state index is 0.0965. The van der Waals surface area contributed by atoms with Gasteiger partial charge in [0, 0.05) is 17.2 Å². The smallest absolute Gasteiger partial charge is 0.310 e. The quantitative estimate of drug-likeness (QED) is 0.796. The Balaban J connectivity index is 1.91. The number of hydrogen-bond donors (Lipinski definition) is 0. The number of ether oxygens (including phenoxy) is 1. The molecule has 116 valence electrons. The van der Waals surface area contributed by atoms with Crippen LogP contribution in [0.2, 0.25) is 0 Å². The van der Waals surface area contributed by atoms with Gasteiger partial charge in [-0.25, -0.2) is 4.68 Å². The first kappa shape index (κ1) is 15.9. The Morgan fingerprint density at radius 2 is 1.86 bits per heavy atom. The first-order chi connectivity index (χ1) is 10.4. The minimum atomic E-state index is -0.502. The van der Waals surface area contributed by atoms with E-state index in [4.69, 9.17) is 4.74 Å². The average Bonchev–Trinajstić information content (AvgIpc) is 2.93. The SMILES string of the molecule is CC(C)(C)C(=O)COC(=O)Cc1cnn(-c2ccccc2)c1. The maximum atomic E-state index is 11.8. The van der Waals surface area contributed by atoms with Gasteiger partial charge in [0.15, 0.2) is 12.4 Å². The van der Waals surface area contributed by atoms with Crippen molar-refractivity contribution < 1.29 is 14.3 Å². The maximum absolute atomic E-state index is 11.8. The van der Waals surface area contributed by atoms with Crippen molar-refractivity contribution in [3.63, 3.8) is 0 Å². The molecule has 22 heavy (non-hydrogen) atoms. The van der Waals surface area contributed by atoms with Gasteiger partial charge in [-0.15, -0.1) is 0 Å². The highest BCUT2D eigenvalue weighted by Crippen LogP contribution is 2.14. The predicted octanol–water partition coefficient (Wildman–Crippen LogP) is 2.57. The third-order valence-corrected chi connectivity index (χ3v) is 3.21. The summed E-state index contributed by atoms with van der Waals surface area (Å²) in [6, 6.07) is 9.62. The number of esters is 1. The van der Waals surface area contributed by atoms with Crippen LogP contribution in [0, 0.1) is 5.41 Å². The van der Waals surface area contributed by atoms with Gasteiger partial charge in [0.2, 0.25) is 0 Å². The lowest BCUT2D eigenvalue weighted by atomic mass is 9.91. The third kappa shape index (κ3) is 4.28. The number of aromatic nitrogens is 2. The van der Waals surface area contributed by atoms with Crippen molar-refractivity contribution in [3.05, 3.63) is 48.3 Å². The van der Waals surface area contributed by atoms with Crippen LogP contribution in [-0.2, 0) is 20.7 Å². The van der Waals surface area contributed by atoms with Gasteiger partial charge in [-0.3, -0.25) is 9.59 Å². The molecular formula is C17H20N2O3. The Morgan fingerprint density at radius 1 is 1.18 bits per heavy atom. The van der Waals surface area contributed by atoms with Crippen molar-refractivity contribution in [2.45, 2.75) is 27.2 Å². The highest BCUT2D eigenvalue weighted by Gasteiger charge is 2.22. The summed E-state index contributed by atoms with van der Waals surface area (Å²) in [7, 11) is 0. The molecular weight excluding hydrogens is 280 g/mol. The fourth-order valence-corrected chi connectivity index (χ4v) is 1.75. The van der Waals surface area contributed by atoms with E-state index in [2.05, 4.69) is 5.10 Å². The fourth-order valence-electron chi connectivity index (χ4n) is 1.75. The number of para-hydroxylation sites is 1. The summed E-state index contributed by atoms with van der Waals surface area (Å²) in [6.45, 7) is 5.21. The van der Waals surface area contributed by atoms with Crippen molar-refractivity contribution in [1.29, 1.82) is 0 Å². The summed E-state index contributed by atoms with van der Waals surface area (Å²) >= 11 is 0. The summed E-state index contributed by atoms with van der Waals surface area (Å²) in [5.41, 5.74) is 1.17. The molecule has 0 N–H and O–H groups in total. The number of rotatable bonds is 5. The van der Waals surface area contributed by atoms with E-state index in [1.165, 1.54) is 0 Å². The summed E-state index contributed by atoms with van der Waals surface area (Å²) in [4.78, 5) is 23.5. The van der Waals surface area contributed by atoms with Crippen molar-refractivity contribution in [3.8, 4) is 5.69 Å². The van der Waals surface area contributed by atoms with E-state index in [1.54, 1.807) is 37.8 Å². The first-order valence-corrected chi connectivity index (χ1v) is 7.14. The zero-order valence-electron chi connectivity index (χ0n) is 13.1. The topological polar surface area (TPSA) is 61.2 Å². The van der Waals surface area contributed by atoms with E-state index in [1.807, 2.05) is 30.3 Å². The zero-order chi connectivity index (χ0) is 16.2. The lowest BCUT2D eigenvalue weighted by Gasteiger charge is -2.15. The molecule has 2 rings (SSSR count). The Kier molecular flexibility index (Phi) is 4.75. The second-order valence-electron chi connectivity index (χ2n) is 6.14. The molecule has 0 unspecified atom stereocenters. The van der Waals surface area contributed by atoms with Gasteiger partial charge in [-0.2, -0.15) is 5.10 Å². The molecule has 5 nitrogen and oxygen atoms in total. The number of carbonyl (C=O) groups excluding carboxylic acids is 2.